The van der Waals surface area contributed by atoms with Crippen LogP contribution >= 0.6 is 0 Å². The predicted octanol–water partition coefficient (Wildman–Crippen LogP) is 6.20. The lowest BCUT2D eigenvalue weighted by Gasteiger charge is -2.72. The average molecular weight is 473 g/mol. The highest BCUT2D eigenvalue weighted by Crippen LogP contribution is 2.75. The molecule has 0 bridgehead atoms. The molecule has 4 heteroatoms. The van der Waals surface area contributed by atoms with Crippen molar-refractivity contribution in [1.29, 1.82) is 0 Å². The Morgan fingerprint density at radius 2 is 1.53 bits per heavy atom. The molecular weight excluding hydrogens is 424 g/mol. The molecule has 4 saturated carbocycles. The molecule has 9 atom stereocenters. The molecule has 5 aliphatic rings. The molecule has 5 rings (SSSR count). The van der Waals surface area contributed by atoms with E-state index < -0.39 is 17.5 Å². The van der Waals surface area contributed by atoms with Gasteiger partial charge in [-0.2, -0.15) is 0 Å². The fourth-order valence-electron chi connectivity index (χ4n) is 10.6. The molecular formula is C30H48O4. The van der Waals surface area contributed by atoms with E-state index in [4.69, 9.17) is 0 Å². The SMILES string of the molecule is CC1(C)CC[C@@]2(C(=O)O)CC[C@]3(C)C(=CC[C@H]4[C@]5(C)CC[C@@H](O)C(C)(C)[C@H]5C[C@@H](O)[C@]43C)[C@H]2C1. The molecule has 0 aromatic rings. The molecule has 4 fully saturated rings. The van der Waals surface area contributed by atoms with E-state index in [9.17, 15) is 20.1 Å². The summed E-state index contributed by atoms with van der Waals surface area (Å²) in [6.45, 7) is 16.2. The molecule has 4 nitrogen and oxygen atoms in total. The van der Waals surface area contributed by atoms with Gasteiger partial charge in [0.2, 0.25) is 0 Å². The molecule has 192 valence electrons. The summed E-state index contributed by atoms with van der Waals surface area (Å²) in [4.78, 5) is 12.8. The second-order valence-corrected chi connectivity index (χ2v) is 15.1. The Morgan fingerprint density at radius 1 is 0.882 bits per heavy atom. The molecule has 0 aromatic carbocycles. The topological polar surface area (TPSA) is 77.8 Å². The van der Waals surface area contributed by atoms with E-state index in [1.54, 1.807) is 0 Å². The van der Waals surface area contributed by atoms with E-state index >= 15 is 0 Å². The second kappa shape index (κ2) is 7.12. The fourth-order valence-corrected chi connectivity index (χ4v) is 10.6. The molecule has 3 N–H and O–H groups in total. The maximum absolute atomic E-state index is 12.8. The number of aliphatic hydroxyl groups is 2. The Labute approximate surface area is 206 Å². The van der Waals surface area contributed by atoms with Gasteiger partial charge in [0.1, 0.15) is 0 Å². The van der Waals surface area contributed by atoms with Crippen LogP contribution in [0.4, 0.5) is 0 Å². The number of carboxylic acids is 1. The molecule has 0 amide bonds. The average Bonchev–Trinajstić information content (AvgIpc) is 2.74. The predicted molar refractivity (Wildman–Crippen MR) is 134 cm³/mol. The van der Waals surface area contributed by atoms with E-state index in [2.05, 4.69) is 54.5 Å². The molecule has 5 aliphatic carbocycles. The standard InChI is InChI=1S/C30H48O4/c1-25(2)12-14-30(24(33)34)15-13-28(6)18(19(30)17-25)8-9-20-27(5)11-10-22(31)26(3,4)21(27)16-23(32)29(20,28)7/h8,19-23,31-32H,9-17H2,1-7H3,(H,33,34)/t19-,20+,21-,22-,23-,27+,28-,29+,30-/m1/s1. The van der Waals surface area contributed by atoms with Crippen molar-refractivity contribution in [2.45, 2.75) is 118 Å². The van der Waals surface area contributed by atoms with Crippen LogP contribution in [0.5, 0.6) is 0 Å². The van der Waals surface area contributed by atoms with Crippen LogP contribution in [0.15, 0.2) is 11.6 Å². The monoisotopic (exact) mass is 472 g/mol. The summed E-state index contributed by atoms with van der Waals surface area (Å²) in [5, 5.41) is 33.4. The number of fused-ring (bicyclic) bond motifs is 7. The Kier molecular flexibility index (Phi) is 5.20. The van der Waals surface area contributed by atoms with Crippen molar-refractivity contribution in [1.82, 2.24) is 0 Å². The van der Waals surface area contributed by atoms with Crippen LogP contribution in [0.1, 0.15) is 106 Å². The lowest BCUT2D eigenvalue weighted by Crippen LogP contribution is -2.69. The van der Waals surface area contributed by atoms with Crippen molar-refractivity contribution in [3.05, 3.63) is 11.6 Å². The molecule has 0 aliphatic heterocycles. The van der Waals surface area contributed by atoms with Crippen LogP contribution in [-0.4, -0.2) is 33.5 Å². The first-order valence-electron chi connectivity index (χ1n) is 13.9. The molecule has 34 heavy (non-hydrogen) atoms. The summed E-state index contributed by atoms with van der Waals surface area (Å²) >= 11 is 0. The Balaban J connectivity index is 1.63. The minimum atomic E-state index is -0.646. The third kappa shape index (κ3) is 2.82. The van der Waals surface area contributed by atoms with Crippen LogP contribution in [0, 0.1) is 50.2 Å². The van der Waals surface area contributed by atoms with E-state index in [0.717, 1.165) is 57.8 Å². The number of aliphatic hydroxyl groups excluding tert-OH is 2. The molecule has 0 spiro atoms. The summed E-state index contributed by atoms with van der Waals surface area (Å²) in [6.07, 6.45) is 9.41. The fraction of sp³-hybridized carbons (Fsp3) is 0.900. The molecule has 0 saturated heterocycles. The van der Waals surface area contributed by atoms with E-state index in [1.165, 1.54) is 5.57 Å². The van der Waals surface area contributed by atoms with Crippen molar-refractivity contribution in [3.63, 3.8) is 0 Å². The lowest BCUT2D eigenvalue weighted by atomic mass is 9.33. The van der Waals surface area contributed by atoms with Crippen LogP contribution in [0.2, 0.25) is 0 Å². The third-order valence-corrected chi connectivity index (χ3v) is 13.1. The zero-order valence-electron chi connectivity index (χ0n) is 22.6. The first-order chi connectivity index (χ1) is 15.6. The zero-order valence-corrected chi connectivity index (χ0v) is 22.6. The van der Waals surface area contributed by atoms with Gasteiger partial charge in [0, 0.05) is 5.41 Å². The normalized spacial score (nSPS) is 53.4. The maximum Gasteiger partial charge on any atom is 0.310 e. The molecule has 0 heterocycles. The molecule has 0 aromatic heterocycles. The van der Waals surface area contributed by atoms with Gasteiger partial charge < -0.3 is 15.3 Å². The first-order valence-corrected chi connectivity index (χ1v) is 13.9. The Bertz CT molecular complexity index is 919. The zero-order chi connectivity index (χ0) is 25.1. The van der Waals surface area contributed by atoms with Crippen LogP contribution in [-0.2, 0) is 4.79 Å². The van der Waals surface area contributed by atoms with Gasteiger partial charge in [-0.3, -0.25) is 4.79 Å². The maximum atomic E-state index is 12.8. The third-order valence-electron chi connectivity index (χ3n) is 13.1. The van der Waals surface area contributed by atoms with E-state index in [0.29, 0.717) is 5.92 Å². The highest BCUT2D eigenvalue weighted by molar-refractivity contribution is 5.76. The number of aliphatic carboxylic acids is 1. The summed E-state index contributed by atoms with van der Waals surface area (Å²) in [6, 6.07) is 0. The van der Waals surface area contributed by atoms with Gasteiger partial charge in [-0.1, -0.05) is 60.1 Å². The number of carbonyl (C=O) groups is 1. The smallest absolute Gasteiger partial charge is 0.310 e. The quantitative estimate of drug-likeness (QED) is 0.397. The molecule has 0 radical (unpaired) electrons. The van der Waals surface area contributed by atoms with E-state index in [-0.39, 0.29) is 45.0 Å². The van der Waals surface area contributed by atoms with E-state index in [1.807, 2.05) is 0 Å². The van der Waals surface area contributed by atoms with Gasteiger partial charge in [0.15, 0.2) is 0 Å². The lowest BCUT2D eigenvalue weighted by molar-refractivity contribution is -0.244. The Hall–Kier alpha value is -0.870. The summed E-state index contributed by atoms with van der Waals surface area (Å²) in [5.41, 5.74) is 0.226. The van der Waals surface area contributed by atoms with Gasteiger partial charge in [-0.15, -0.1) is 0 Å². The molecule has 0 unspecified atom stereocenters. The second-order valence-electron chi connectivity index (χ2n) is 15.1. The largest absolute Gasteiger partial charge is 0.481 e. The number of hydrogen-bond acceptors (Lipinski definition) is 3. The van der Waals surface area contributed by atoms with Gasteiger partial charge in [-0.25, -0.2) is 0 Å². The van der Waals surface area contributed by atoms with Crippen molar-refractivity contribution in [3.8, 4) is 0 Å². The first kappa shape index (κ1) is 24.8. The van der Waals surface area contributed by atoms with Crippen molar-refractivity contribution < 1.29 is 20.1 Å². The summed E-state index contributed by atoms with van der Waals surface area (Å²) < 4.78 is 0. The number of hydrogen-bond donors (Lipinski definition) is 3. The van der Waals surface area contributed by atoms with Crippen molar-refractivity contribution in [2.75, 3.05) is 0 Å². The van der Waals surface area contributed by atoms with Gasteiger partial charge in [0.25, 0.3) is 0 Å². The van der Waals surface area contributed by atoms with Gasteiger partial charge in [0.05, 0.1) is 17.6 Å². The summed E-state index contributed by atoms with van der Waals surface area (Å²) in [5.74, 6) is 0.0731. The highest BCUT2D eigenvalue weighted by Gasteiger charge is 2.71. The Morgan fingerprint density at radius 3 is 2.18 bits per heavy atom. The van der Waals surface area contributed by atoms with Crippen LogP contribution in [0.3, 0.4) is 0 Å². The van der Waals surface area contributed by atoms with Gasteiger partial charge in [-0.05, 0) is 97.2 Å². The van der Waals surface area contributed by atoms with Crippen LogP contribution in [0.25, 0.3) is 0 Å². The number of carboxylic acid groups (broad SMARTS) is 1. The van der Waals surface area contributed by atoms with Crippen molar-refractivity contribution >= 4 is 5.97 Å². The van der Waals surface area contributed by atoms with Crippen molar-refractivity contribution in [2.24, 2.45) is 50.2 Å². The van der Waals surface area contributed by atoms with Crippen LogP contribution < -0.4 is 0 Å². The number of allylic oxidation sites excluding steroid dienone is 2. The highest BCUT2D eigenvalue weighted by atomic mass is 16.4. The number of rotatable bonds is 1. The van der Waals surface area contributed by atoms with Gasteiger partial charge >= 0.3 is 5.97 Å². The minimum absolute atomic E-state index is 0.0626. The minimum Gasteiger partial charge on any atom is -0.481 e. The summed E-state index contributed by atoms with van der Waals surface area (Å²) in [7, 11) is 0.